The number of ether oxygens (including phenoxy) is 1. The predicted molar refractivity (Wildman–Crippen MR) is 117 cm³/mol. The molecule has 0 unspecified atom stereocenters. The van der Waals surface area contributed by atoms with E-state index in [4.69, 9.17) is 16.3 Å². The molecule has 0 atom stereocenters. The number of hydrogen-bond acceptors (Lipinski definition) is 5. The second kappa shape index (κ2) is 9.17. The first-order valence-corrected chi connectivity index (χ1v) is 10.9. The Labute approximate surface area is 179 Å². The van der Waals surface area contributed by atoms with E-state index in [1.807, 2.05) is 31.5 Å². The van der Waals surface area contributed by atoms with E-state index in [2.05, 4.69) is 15.5 Å². The number of hydrogen-bond donors (Lipinski definition) is 0. The largest absolute Gasteiger partial charge is 0.379 e. The fourth-order valence-corrected chi connectivity index (χ4v) is 4.53. The van der Waals surface area contributed by atoms with Crippen LogP contribution in [0.15, 0.2) is 58.6 Å². The Morgan fingerprint density at radius 3 is 2.76 bits per heavy atom. The third kappa shape index (κ3) is 4.75. The summed E-state index contributed by atoms with van der Waals surface area (Å²) in [5.41, 5.74) is 2.72. The van der Waals surface area contributed by atoms with Gasteiger partial charge in [-0.05, 0) is 36.6 Å². The number of nitrogens with zero attached hydrogens (tertiary/aromatic N) is 4. The lowest BCUT2D eigenvalue weighted by Gasteiger charge is -2.25. The van der Waals surface area contributed by atoms with Crippen LogP contribution in [0, 0.1) is 0 Å². The van der Waals surface area contributed by atoms with Crippen LogP contribution in [-0.4, -0.2) is 45.0 Å². The van der Waals surface area contributed by atoms with Crippen LogP contribution < -0.4 is 5.56 Å². The van der Waals surface area contributed by atoms with E-state index in [0.717, 1.165) is 54.4 Å². The van der Waals surface area contributed by atoms with E-state index in [1.54, 1.807) is 39.5 Å². The van der Waals surface area contributed by atoms with Crippen molar-refractivity contribution in [3.05, 3.63) is 64.3 Å². The lowest BCUT2D eigenvalue weighted by molar-refractivity contribution is 0.0773. The highest BCUT2D eigenvalue weighted by Crippen LogP contribution is 2.33. The molecule has 152 valence electrons. The van der Waals surface area contributed by atoms with Gasteiger partial charge >= 0.3 is 0 Å². The molecule has 0 radical (unpaired) electrons. The number of benzene rings is 1. The Bertz CT molecular complexity index is 1040. The summed E-state index contributed by atoms with van der Waals surface area (Å²) in [6, 6.07) is 9.48. The SMILES string of the molecule is CCCn1cc(-n2cc(-c3ccc(SN4CCOCC4)cc3Cl)cn2)ccc1=O. The van der Waals surface area contributed by atoms with E-state index in [9.17, 15) is 4.79 Å². The molecule has 3 heterocycles. The van der Waals surface area contributed by atoms with Gasteiger partial charge in [0.15, 0.2) is 0 Å². The Hall–Kier alpha value is -2.06. The molecule has 1 aliphatic rings. The van der Waals surface area contributed by atoms with Crippen molar-refractivity contribution in [1.82, 2.24) is 18.7 Å². The van der Waals surface area contributed by atoms with Crippen LogP contribution in [0.1, 0.15) is 13.3 Å². The van der Waals surface area contributed by atoms with Crippen LogP contribution in [0.5, 0.6) is 0 Å². The molecule has 1 aliphatic heterocycles. The monoisotopic (exact) mass is 430 g/mol. The zero-order chi connectivity index (χ0) is 20.2. The molecule has 0 saturated carbocycles. The van der Waals surface area contributed by atoms with E-state index in [-0.39, 0.29) is 5.56 Å². The number of halogens is 1. The van der Waals surface area contributed by atoms with Crippen molar-refractivity contribution >= 4 is 23.5 Å². The summed E-state index contributed by atoms with van der Waals surface area (Å²) in [6.07, 6.45) is 6.47. The summed E-state index contributed by atoms with van der Waals surface area (Å²) in [5, 5.41) is 5.16. The normalized spacial score (nSPS) is 15.0. The maximum atomic E-state index is 11.9. The van der Waals surface area contributed by atoms with Crippen molar-refractivity contribution in [3.8, 4) is 16.8 Å². The Morgan fingerprint density at radius 2 is 2.00 bits per heavy atom. The molecule has 0 N–H and O–H groups in total. The molecule has 6 nitrogen and oxygen atoms in total. The quantitative estimate of drug-likeness (QED) is 0.551. The standard InChI is InChI=1S/C21H23ClN4O2S/c1-2-7-24-15-17(3-6-21(24)27)26-14-16(13-23-26)19-5-4-18(12-20(19)22)29-25-8-10-28-11-9-25/h3-6,12-15H,2,7-11H2,1H3. The van der Waals surface area contributed by atoms with Gasteiger partial charge in [-0.2, -0.15) is 5.10 Å². The first-order valence-electron chi connectivity index (χ1n) is 9.70. The summed E-state index contributed by atoms with van der Waals surface area (Å²) in [6.45, 7) is 6.10. The maximum Gasteiger partial charge on any atom is 0.250 e. The summed E-state index contributed by atoms with van der Waals surface area (Å²) in [5.74, 6) is 0. The van der Waals surface area contributed by atoms with Crippen molar-refractivity contribution < 1.29 is 4.74 Å². The minimum absolute atomic E-state index is 0.000573. The lowest BCUT2D eigenvalue weighted by atomic mass is 10.1. The topological polar surface area (TPSA) is 52.3 Å². The van der Waals surface area contributed by atoms with Gasteiger partial charge in [0.1, 0.15) is 0 Å². The van der Waals surface area contributed by atoms with Gasteiger partial charge in [-0.3, -0.25) is 4.79 Å². The van der Waals surface area contributed by atoms with Gasteiger partial charge in [-0.15, -0.1) is 0 Å². The summed E-state index contributed by atoms with van der Waals surface area (Å²) >= 11 is 8.29. The van der Waals surface area contributed by atoms with Crippen LogP contribution in [0.25, 0.3) is 16.8 Å². The van der Waals surface area contributed by atoms with Gasteiger partial charge < -0.3 is 9.30 Å². The Kier molecular flexibility index (Phi) is 6.40. The van der Waals surface area contributed by atoms with Crippen molar-refractivity contribution in [3.63, 3.8) is 0 Å². The fraction of sp³-hybridized carbons (Fsp3) is 0.333. The van der Waals surface area contributed by atoms with Crippen molar-refractivity contribution in [1.29, 1.82) is 0 Å². The molecule has 1 fully saturated rings. The molecule has 2 aromatic heterocycles. The van der Waals surface area contributed by atoms with Gasteiger partial charge in [0.05, 0.1) is 25.1 Å². The van der Waals surface area contributed by atoms with Crippen molar-refractivity contribution in [2.75, 3.05) is 26.3 Å². The molecule has 0 bridgehead atoms. The van der Waals surface area contributed by atoms with Crippen LogP contribution in [0.2, 0.25) is 5.02 Å². The van der Waals surface area contributed by atoms with E-state index in [0.29, 0.717) is 11.6 Å². The minimum Gasteiger partial charge on any atom is -0.379 e. The van der Waals surface area contributed by atoms with Crippen LogP contribution in [-0.2, 0) is 11.3 Å². The number of aromatic nitrogens is 3. The summed E-state index contributed by atoms with van der Waals surface area (Å²) < 4.78 is 11.2. The second-order valence-corrected chi connectivity index (χ2v) is 8.44. The molecule has 1 aromatic carbocycles. The molecule has 29 heavy (non-hydrogen) atoms. The minimum atomic E-state index is -0.000573. The lowest BCUT2D eigenvalue weighted by Crippen LogP contribution is -2.30. The highest BCUT2D eigenvalue weighted by Gasteiger charge is 2.14. The number of rotatable bonds is 6. The third-order valence-electron chi connectivity index (χ3n) is 4.74. The molecule has 3 aromatic rings. The Balaban J connectivity index is 1.54. The number of morpholine rings is 1. The predicted octanol–water partition coefficient (Wildman–Crippen LogP) is 4.10. The highest BCUT2D eigenvalue weighted by atomic mass is 35.5. The Morgan fingerprint density at radius 1 is 1.17 bits per heavy atom. The van der Waals surface area contributed by atoms with Gasteiger partial charge in [0.2, 0.25) is 0 Å². The molecule has 0 spiro atoms. The molecule has 8 heteroatoms. The van der Waals surface area contributed by atoms with Gasteiger partial charge in [0, 0.05) is 59.1 Å². The maximum absolute atomic E-state index is 11.9. The average molecular weight is 431 g/mol. The van der Waals surface area contributed by atoms with Crippen LogP contribution in [0.3, 0.4) is 0 Å². The summed E-state index contributed by atoms with van der Waals surface area (Å²) in [4.78, 5) is 13.1. The zero-order valence-electron chi connectivity index (χ0n) is 16.3. The number of aryl methyl sites for hydroxylation is 1. The van der Waals surface area contributed by atoms with E-state index < -0.39 is 0 Å². The van der Waals surface area contributed by atoms with Crippen LogP contribution in [0.4, 0.5) is 0 Å². The van der Waals surface area contributed by atoms with Crippen molar-refractivity contribution in [2.45, 2.75) is 24.8 Å². The second-order valence-electron chi connectivity index (χ2n) is 6.87. The molecule has 0 aliphatic carbocycles. The fourth-order valence-electron chi connectivity index (χ4n) is 3.25. The van der Waals surface area contributed by atoms with Gasteiger partial charge in [-0.25, -0.2) is 8.99 Å². The van der Waals surface area contributed by atoms with E-state index in [1.165, 1.54) is 0 Å². The van der Waals surface area contributed by atoms with Crippen LogP contribution >= 0.6 is 23.5 Å². The average Bonchev–Trinajstić information content (AvgIpc) is 3.20. The number of pyridine rings is 1. The molecular weight excluding hydrogens is 408 g/mol. The first kappa shape index (κ1) is 20.2. The van der Waals surface area contributed by atoms with Gasteiger partial charge in [0.25, 0.3) is 5.56 Å². The molecule has 1 saturated heterocycles. The first-order chi connectivity index (χ1) is 14.1. The summed E-state index contributed by atoms with van der Waals surface area (Å²) in [7, 11) is 0. The van der Waals surface area contributed by atoms with Gasteiger partial charge in [-0.1, -0.05) is 24.6 Å². The molecule has 0 amide bonds. The van der Waals surface area contributed by atoms with E-state index >= 15 is 0 Å². The molecular formula is C21H23ClN4O2S. The highest BCUT2D eigenvalue weighted by molar-refractivity contribution is 7.97. The molecule has 4 rings (SSSR count). The third-order valence-corrected chi connectivity index (χ3v) is 6.14. The smallest absolute Gasteiger partial charge is 0.250 e. The zero-order valence-corrected chi connectivity index (χ0v) is 17.8. The van der Waals surface area contributed by atoms with Crippen molar-refractivity contribution in [2.24, 2.45) is 0 Å².